The van der Waals surface area contributed by atoms with Crippen LogP contribution in [0.25, 0.3) is 16.5 Å². The standard InChI is InChI=1S/C10H11N5O/c11-10(14-16)9-5-3-8(4-6-9)2-1-7-13-15-12/h1-6,16H,7H2,(H2,11,14). The Morgan fingerprint density at radius 2 is 2.12 bits per heavy atom. The molecule has 3 N–H and O–H groups in total. The number of rotatable bonds is 4. The third-order valence-electron chi connectivity index (χ3n) is 1.87. The van der Waals surface area contributed by atoms with E-state index in [9.17, 15) is 0 Å². The SMILES string of the molecule is [N-]=[N+]=NCC=Cc1ccc(C(N)=NO)cc1. The zero-order valence-corrected chi connectivity index (χ0v) is 8.48. The molecule has 0 aliphatic heterocycles. The van der Waals surface area contributed by atoms with Gasteiger partial charge in [-0.1, -0.05) is 46.7 Å². The van der Waals surface area contributed by atoms with Gasteiger partial charge in [-0.2, -0.15) is 0 Å². The smallest absolute Gasteiger partial charge is 0.170 e. The molecule has 0 aliphatic rings. The largest absolute Gasteiger partial charge is 0.409 e. The highest BCUT2D eigenvalue weighted by atomic mass is 16.4. The van der Waals surface area contributed by atoms with Gasteiger partial charge in [0.15, 0.2) is 5.84 Å². The molecule has 0 bridgehead atoms. The van der Waals surface area contributed by atoms with Crippen LogP contribution in [0.15, 0.2) is 40.6 Å². The average Bonchev–Trinajstić information content (AvgIpc) is 2.34. The van der Waals surface area contributed by atoms with Crippen molar-refractivity contribution in [3.05, 3.63) is 51.9 Å². The second-order valence-corrected chi connectivity index (χ2v) is 2.92. The summed E-state index contributed by atoms with van der Waals surface area (Å²) in [6.07, 6.45) is 3.57. The van der Waals surface area contributed by atoms with Crippen LogP contribution in [0, 0.1) is 0 Å². The highest BCUT2D eigenvalue weighted by Gasteiger charge is 1.96. The Kier molecular flexibility index (Phi) is 4.43. The molecule has 0 atom stereocenters. The molecule has 0 amide bonds. The summed E-state index contributed by atoms with van der Waals surface area (Å²) < 4.78 is 0. The Hall–Kier alpha value is -2.46. The van der Waals surface area contributed by atoms with Gasteiger partial charge in [0.05, 0.1) is 0 Å². The molecule has 0 spiro atoms. The van der Waals surface area contributed by atoms with Crippen molar-refractivity contribution in [3.8, 4) is 0 Å². The van der Waals surface area contributed by atoms with Gasteiger partial charge in [0.25, 0.3) is 0 Å². The quantitative estimate of drug-likeness (QED) is 0.153. The highest BCUT2D eigenvalue weighted by Crippen LogP contribution is 2.05. The van der Waals surface area contributed by atoms with Crippen LogP contribution in [0.1, 0.15) is 11.1 Å². The fourth-order valence-electron chi connectivity index (χ4n) is 1.10. The molecule has 82 valence electrons. The third-order valence-corrected chi connectivity index (χ3v) is 1.87. The summed E-state index contributed by atoms with van der Waals surface area (Å²) >= 11 is 0. The fraction of sp³-hybridized carbons (Fsp3) is 0.100. The van der Waals surface area contributed by atoms with Crippen LogP contribution in [0.5, 0.6) is 0 Å². The summed E-state index contributed by atoms with van der Waals surface area (Å²) in [5.41, 5.74) is 15.1. The molecule has 0 aliphatic carbocycles. The zero-order chi connectivity index (χ0) is 11.8. The molecule has 0 unspecified atom stereocenters. The molecular weight excluding hydrogens is 206 g/mol. The predicted octanol–water partition coefficient (Wildman–Crippen LogP) is 2.10. The van der Waals surface area contributed by atoms with Gasteiger partial charge < -0.3 is 10.9 Å². The lowest BCUT2D eigenvalue weighted by molar-refractivity contribution is 0.318. The van der Waals surface area contributed by atoms with E-state index < -0.39 is 0 Å². The molecule has 0 heterocycles. The van der Waals surface area contributed by atoms with Crippen molar-refractivity contribution in [1.29, 1.82) is 0 Å². The van der Waals surface area contributed by atoms with Gasteiger partial charge >= 0.3 is 0 Å². The van der Waals surface area contributed by atoms with E-state index in [1.54, 1.807) is 18.2 Å². The first-order valence-corrected chi connectivity index (χ1v) is 4.53. The van der Waals surface area contributed by atoms with Crippen molar-refractivity contribution in [2.45, 2.75) is 0 Å². The van der Waals surface area contributed by atoms with Gasteiger partial charge in [-0.25, -0.2) is 0 Å². The van der Waals surface area contributed by atoms with Crippen LogP contribution >= 0.6 is 0 Å². The molecule has 0 radical (unpaired) electrons. The number of benzene rings is 1. The molecule has 0 saturated carbocycles. The van der Waals surface area contributed by atoms with Crippen molar-refractivity contribution < 1.29 is 5.21 Å². The van der Waals surface area contributed by atoms with Gasteiger partial charge in [0, 0.05) is 17.0 Å². The minimum absolute atomic E-state index is 0.0737. The Morgan fingerprint density at radius 3 is 2.69 bits per heavy atom. The van der Waals surface area contributed by atoms with Gasteiger partial charge in [-0.15, -0.1) is 0 Å². The minimum atomic E-state index is 0.0737. The Morgan fingerprint density at radius 1 is 1.44 bits per heavy atom. The average molecular weight is 217 g/mol. The molecule has 0 aromatic heterocycles. The molecule has 1 rings (SSSR count). The van der Waals surface area contributed by atoms with Crippen LogP contribution in [-0.4, -0.2) is 17.6 Å². The number of nitrogens with zero attached hydrogens (tertiary/aromatic N) is 4. The Labute approximate surface area is 92.3 Å². The number of nitrogens with two attached hydrogens (primary N) is 1. The number of azide groups is 1. The summed E-state index contributed by atoms with van der Waals surface area (Å²) in [4.78, 5) is 2.63. The van der Waals surface area contributed by atoms with Gasteiger partial charge in [0.1, 0.15) is 0 Å². The molecule has 0 saturated heterocycles. The van der Waals surface area contributed by atoms with E-state index in [4.69, 9.17) is 16.5 Å². The van der Waals surface area contributed by atoms with Gasteiger partial charge in [-0.05, 0) is 11.1 Å². The van der Waals surface area contributed by atoms with E-state index in [0.29, 0.717) is 12.1 Å². The van der Waals surface area contributed by atoms with E-state index in [2.05, 4.69) is 15.2 Å². The topological polar surface area (TPSA) is 107 Å². The van der Waals surface area contributed by atoms with Crippen molar-refractivity contribution in [2.24, 2.45) is 16.0 Å². The van der Waals surface area contributed by atoms with Gasteiger partial charge in [0.2, 0.25) is 0 Å². The van der Waals surface area contributed by atoms with E-state index in [-0.39, 0.29) is 5.84 Å². The minimum Gasteiger partial charge on any atom is -0.409 e. The first-order chi connectivity index (χ1) is 7.77. The number of amidine groups is 1. The van der Waals surface area contributed by atoms with Crippen molar-refractivity contribution in [3.63, 3.8) is 0 Å². The second kappa shape index (κ2) is 6.10. The third kappa shape index (κ3) is 3.36. The van der Waals surface area contributed by atoms with Gasteiger partial charge in [-0.3, -0.25) is 0 Å². The summed E-state index contributed by atoms with van der Waals surface area (Å²) in [6, 6.07) is 7.12. The number of oxime groups is 1. The Balaban J connectivity index is 2.71. The van der Waals surface area contributed by atoms with Crippen LogP contribution in [0.2, 0.25) is 0 Å². The van der Waals surface area contributed by atoms with Crippen LogP contribution in [0.3, 0.4) is 0 Å². The van der Waals surface area contributed by atoms with E-state index >= 15 is 0 Å². The van der Waals surface area contributed by atoms with Crippen molar-refractivity contribution >= 4 is 11.9 Å². The van der Waals surface area contributed by atoms with E-state index in [1.807, 2.05) is 18.2 Å². The molecule has 0 fully saturated rings. The maximum atomic E-state index is 8.46. The molecule has 1 aromatic rings. The fourth-order valence-corrected chi connectivity index (χ4v) is 1.10. The maximum Gasteiger partial charge on any atom is 0.170 e. The number of hydrogen-bond acceptors (Lipinski definition) is 3. The summed E-state index contributed by atoms with van der Waals surface area (Å²) in [7, 11) is 0. The second-order valence-electron chi connectivity index (χ2n) is 2.92. The lowest BCUT2D eigenvalue weighted by Crippen LogP contribution is -2.12. The predicted molar refractivity (Wildman–Crippen MR) is 62.0 cm³/mol. The summed E-state index contributed by atoms with van der Waals surface area (Å²) in [6.45, 7) is 0.318. The number of hydrogen-bond donors (Lipinski definition) is 2. The molecule has 6 heteroatoms. The summed E-state index contributed by atoms with van der Waals surface area (Å²) in [5.74, 6) is 0.0737. The van der Waals surface area contributed by atoms with E-state index in [0.717, 1.165) is 5.56 Å². The maximum absolute atomic E-state index is 8.46. The van der Waals surface area contributed by atoms with Crippen LogP contribution in [-0.2, 0) is 0 Å². The van der Waals surface area contributed by atoms with Crippen LogP contribution in [0.4, 0.5) is 0 Å². The van der Waals surface area contributed by atoms with E-state index in [1.165, 1.54) is 0 Å². The highest BCUT2D eigenvalue weighted by molar-refractivity contribution is 5.97. The molecule has 6 nitrogen and oxygen atoms in total. The first-order valence-electron chi connectivity index (χ1n) is 4.53. The van der Waals surface area contributed by atoms with Crippen molar-refractivity contribution in [2.75, 3.05) is 6.54 Å². The normalized spacial score (nSPS) is 11.4. The summed E-state index contributed by atoms with van der Waals surface area (Å²) in [5, 5.41) is 14.7. The monoisotopic (exact) mass is 217 g/mol. The molecule has 1 aromatic carbocycles. The Bertz CT molecular complexity index is 443. The zero-order valence-electron chi connectivity index (χ0n) is 8.48. The van der Waals surface area contributed by atoms with Crippen LogP contribution < -0.4 is 5.73 Å². The van der Waals surface area contributed by atoms with Crippen molar-refractivity contribution in [1.82, 2.24) is 0 Å². The lowest BCUT2D eigenvalue weighted by Gasteiger charge is -1.98. The molecular formula is C10H11N5O. The lowest BCUT2D eigenvalue weighted by atomic mass is 10.1. The molecule has 16 heavy (non-hydrogen) atoms. The first kappa shape index (κ1) is 11.6.